The molecule has 6 rings (SSSR count). The number of aromatic nitrogens is 3. The fraction of sp³-hybridized carbons (Fsp3) is 0.536. The molecule has 1 saturated carbocycles. The van der Waals surface area contributed by atoms with Gasteiger partial charge in [-0.3, -0.25) is 9.69 Å². The first-order chi connectivity index (χ1) is 18.1. The zero-order valence-corrected chi connectivity index (χ0v) is 21.2. The van der Waals surface area contributed by atoms with Crippen LogP contribution in [-0.4, -0.2) is 63.8 Å². The topological polar surface area (TPSA) is 122 Å². The Morgan fingerprint density at radius 2 is 2.05 bits per heavy atom. The van der Waals surface area contributed by atoms with Crippen molar-refractivity contribution < 1.29 is 14.3 Å². The molecule has 0 spiro atoms. The lowest BCUT2D eigenvalue weighted by Crippen LogP contribution is -2.44. The minimum absolute atomic E-state index is 0.107. The minimum atomic E-state index is -0.195. The molecule has 196 valence electrons. The highest BCUT2D eigenvalue weighted by atomic mass is 16.5. The number of nitrogens with zero attached hydrogens (tertiary/aromatic N) is 4. The number of hydrogen-bond acceptors (Lipinski definition) is 7. The van der Waals surface area contributed by atoms with Crippen LogP contribution >= 0.6 is 0 Å². The zero-order chi connectivity index (χ0) is 25.4. The molecule has 3 fully saturated rings. The Labute approximate surface area is 217 Å². The molecule has 1 aliphatic carbocycles. The monoisotopic (exact) mass is 504 g/mol. The molecular formula is C28H36N6O3. The number of carbonyl (C=O) groups is 1. The van der Waals surface area contributed by atoms with Crippen LogP contribution < -0.4 is 16.2 Å². The fourth-order valence-electron chi connectivity index (χ4n) is 6.26. The van der Waals surface area contributed by atoms with E-state index in [1.165, 1.54) is 6.42 Å². The van der Waals surface area contributed by atoms with Gasteiger partial charge in [0.25, 0.3) is 0 Å². The summed E-state index contributed by atoms with van der Waals surface area (Å²) in [6, 6.07) is 8.38. The molecule has 2 aromatic heterocycles. The number of nitrogens with two attached hydrogens (primary N) is 2. The quantitative estimate of drug-likeness (QED) is 0.481. The van der Waals surface area contributed by atoms with E-state index in [9.17, 15) is 4.79 Å². The summed E-state index contributed by atoms with van der Waals surface area (Å²) in [5.74, 6) is 1.65. The number of likely N-dealkylation sites (tertiary alicyclic amines) is 1. The van der Waals surface area contributed by atoms with Gasteiger partial charge < -0.3 is 25.5 Å². The van der Waals surface area contributed by atoms with Gasteiger partial charge in [0, 0.05) is 31.0 Å². The molecule has 3 aromatic rings. The molecule has 2 saturated heterocycles. The fourth-order valence-corrected chi connectivity index (χ4v) is 6.26. The second-order valence-corrected chi connectivity index (χ2v) is 10.8. The van der Waals surface area contributed by atoms with Gasteiger partial charge in [-0.05, 0) is 75.1 Å². The molecule has 0 radical (unpaired) electrons. The van der Waals surface area contributed by atoms with E-state index in [0.717, 1.165) is 86.1 Å². The number of carbonyl (C=O) groups excluding carboxylic acids is 1. The first-order valence-corrected chi connectivity index (χ1v) is 13.6. The van der Waals surface area contributed by atoms with Crippen molar-refractivity contribution in [3.8, 4) is 16.9 Å². The van der Waals surface area contributed by atoms with Crippen LogP contribution in [0.2, 0.25) is 0 Å². The number of rotatable bonds is 8. The van der Waals surface area contributed by atoms with Crippen LogP contribution in [0.25, 0.3) is 22.2 Å². The number of nitrogen functional groups attached to an aromatic ring is 1. The maximum Gasteiger partial charge on any atom is 0.234 e. The van der Waals surface area contributed by atoms with Crippen LogP contribution in [0.5, 0.6) is 5.75 Å². The Kier molecular flexibility index (Phi) is 6.73. The summed E-state index contributed by atoms with van der Waals surface area (Å²) in [6.07, 6.45) is 11.2. The summed E-state index contributed by atoms with van der Waals surface area (Å²) in [6.45, 7) is 3.27. The lowest BCUT2D eigenvalue weighted by Gasteiger charge is -2.39. The molecule has 1 unspecified atom stereocenters. The van der Waals surface area contributed by atoms with E-state index in [-0.39, 0.29) is 18.1 Å². The second kappa shape index (κ2) is 10.3. The lowest BCUT2D eigenvalue weighted by atomic mass is 9.79. The largest absolute Gasteiger partial charge is 0.491 e. The highest BCUT2D eigenvalue weighted by Crippen LogP contribution is 2.44. The van der Waals surface area contributed by atoms with E-state index < -0.39 is 0 Å². The van der Waals surface area contributed by atoms with E-state index >= 15 is 0 Å². The number of benzene rings is 1. The SMILES string of the molecule is NC(=O)C1CCCN1CC1CC(n2cc(-c3cccc(OC[C@@H]4CCCCO4)c3)c3c(N)ncnc32)C1. The van der Waals surface area contributed by atoms with Crippen LogP contribution in [0.15, 0.2) is 36.8 Å². The number of anilines is 1. The second-order valence-electron chi connectivity index (χ2n) is 10.8. The van der Waals surface area contributed by atoms with E-state index in [1.807, 2.05) is 12.1 Å². The van der Waals surface area contributed by atoms with Crippen molar-refractivity contribution in [3.63, 3.8) is 0 Å². The Bertz CT molecular complexity index is 1260. The third-order valence-electron chi connectivity index (χ3n) is 8.28. The summed E-state index contributed by atoms with van der Waals surface area (Å²) < 4.78 is 14.2. The number of hydrogen-bond donors (Lipinski definition) is 2. The van der Waals surface area contributed by atoms with Gasteiger partial charge in [0.05, 0.1) is 17.5 Å². The first kappa shape index (κ1) is 24.2. The molecule has 4 heterocycles. The van der Waals surface area contributed by atoms with E-state index in [1.54, 1.807) is 6.33 Å². The maximum atomic E-state index is 11.8. The van der Waals surface area contributed by atoms with Crippen molar-refractivity contribution in [3.05, 3.63) is 36.8 Å². The van der Waals surface area contributed by atoms with E-state index in [0.29, 0.717) is 24.4 Å². The standard InChI is InChI=1S/C28H36N6O3/c29-26-25-23(19-5-3-7-21(13-19)37-16-22-6-1-2-10-36-22)15-34(28(25)32-17-31-26)20-11-18(12-20)14-33-9-4-8-24(33)27(30)35/h3,5,7,13,15,17-18,20,22,24H,1-2,4,6,8-12,14,16H2,(H2,30,35)(H2,29,31,32)/t18?,20?,22-,24?/m0/s1. The predicted octanol–water partition coefficient (Wildman–Crippen LogP) is 3.53. The predicted molar refractivity (Wildman–Crippen MR) is 142 cm³/mol. The van der Waals surface area contributed by atoms with Gasteiger partial charge in [-0.25, -0.2) is 9.97 Å². The minimum Gasteiger partial charge on any atom is -0.491 e. The van der Waals surface area contributed by atoms with Crippen molar-refractivity contribution in [1.82, 2.24) is 19.4 Å². The summed E-state index contributed by atoms with van der Waals surface area (Å²) in [5, 5.41) is 0.882. The van der Waals surface area contributed by atoms with Gasteiger partial charge in [0.2, 0.25) is 5.91 Å². The molecule has 1 aromatic carbocycles. The molecule has 3 aliphatic rings. The molecular weight excluding hydrogens is 468 g/mol. The van der Waals surface area contributed by atoms with Crippen molar-refractivity contribution in [2.45, 2.75) is 63.1 Å². The van der Waals surface area contributed by atoms with Crippen LogP contribution in [0, 0.1) is 5.92 Å². The Balaban J connectivity index is 1.20. The average Bonchev–Trinajstić information content (AvgIpc) is 3.51. The normalized spacial score (nSPS) is 26.3. The molecule has 37 heavy (non-hydrogen) atoms. The van der Waals surface area contributed by atoms with Crippen LogP contribution in [-0.2, 0) is 9.53 Å². The number of fused-ring (bicyclic) bond motifs is 1. The molecule has 2 atom stereocenters. The third-order valence-corrected chi connectivity index (χ3v) is 8.28. The van der Waals surface area contributed by atoms with Gasteiger partial charge in [-0.15, -0.1) is 0 Å². The van der Waals surface area contributed by atoms with Gasteiger partial charge in [-0.2, -0.15) is 0 Å². The average molecular weight is 505 g/mol. The Morgan fingerprint density at radius 3 is 2.86 bits per heavy atom. The van der Waals surface area contributed by atoms with Crippen LogP contribution in [0.4, 0.5) is 5.82 Å². The van der Waals surface area contributed by atoms with Gasteiger partial charge in [-0.1, -0.05) is 12.1 Å². The highest BCUT2D eigenvalue weighted by molar-refractivity contribution is 6.00. The summed E-state index contributed by atoms with van der Waals surface area (Å²) in [4.78, 5) is 23.0. The van der Waals surface area contributed by atoms with Crippen molar-refractivity contribution in [1.29, 1.82) is 0 Å². The Morgan fingerprint density at radius 1 is 1.16 bits per heavy atom. The highest BCUT2D eigenvalue weighted by Gasteiger charge is 2.37. The Hall–Kier alpha value is -3.17. The van der Waals surface area contributed by atoms with E-state index in [2.05, 4.69) is 37.8 Å². The zero-order valence-electron chi connectivity index (χ0n) is 21.2. The van der Waals surface area contributed by atoms with Crippen LogP contribution in [0.1, 0.15) is 51.0 Å². The van der Waals surface area contributed by atoms with Gasteiger partial charge in [0.1, 0.15) is 30.1 Å². The molecule has 0 bridgehead atoms. The van der Waals surface area contributed by atoms with Gasteiger partial charge >= 0.3 is 0 Å². The molecule has 9 heteroatoms. The third kappa shape index (κ3) is 4.90. The van der Waals surface area contributed by atoms with Gasteiger partial charge in [0.15, 0.2) is 0 Å². The number of primary amides is 1. The van der Waals surface area contributed by atoms with Crippen molar-refractivity contribution >= 4 is 22.8 Å². The molecule has 4 N–H and O–H groups in total. The van der Waals surface area contributed by atoms with Crippen LogP contribution in [0.3, 0.4) is 0 Å². The van der Waals surface area contributed by atoms with Crippen molar-refractivity contribution in [2.24, 2.45) is 11.7 Å². The summed E-state index contributed by atoms with van der Waals surface area (Å²) in [5.41, 5.74) is 14.9. The smallest absolute Gasteiger partial charge is 0.234 e. The summed E-state index contributed by atoms with van der Waals surface area (Å²) in [7, 11) is 0. The first-order valence-electron chi connectivity index (χ1n) is 13.6. The molecule has 9 nitrogen and oxygen atoms in total. The van der Waals surface area contributed by atoms with E-state index in [4.69, 9.17) is 20.9 Å². The summed E-state index contributed by atoms with van der Waals surface area (Å²) >= 11 is 0. The maximum absolute atomic E-state index is 11.8. The molecule has 1 amide bonds. The molecule has 2 aliphatic heterocycles. The number of amides is 1. The lowest BCUT2D eigenvalue weighted by molar-refractivity contribution is -0.122. The van der Waals surface area contributed by atoms with Crippen molar-refractivity contribution in [2.75, 3.05) is 32.0 Å². The number of ether oxygens (including phenoxy) is 2.